The van der Waals surface area contributed by atoms with Crippen molar-refractivity contribution in [3.63, 3.8) is 0 Å². The molecular formula is C27H30N2O5. The predicted molar refractivity (Wildman–Crippen MR) is 135 cm³/mol. The van der Waals surface area contributed by atoms with E-state index in [1.807, 2.05) is 45.0 Å². The molecule has 0 unspecified atom stereocenters. The Hall–Kier alpha value is -3.87. The molecule has 7 nitrogen and oxygen atoms in total. The molecule has 0 saturated heterocycles. The Kier molecular flexibility index (Phi) is 7.56. The molecule has 7 heteroatoms. The lowest BCUT2D eigenvalue weighted by Gasteiger charge is -2.15. The van der Waals surface area contributed by atoms with Crippen molar-refractivity contribution in [2.24, 2.45) is 0 Å². The summed E-state index contributed by atoms with van der Waals surface area (Å²) in [6.07, 6.45) is -1.37. The van der Waals surface area contributed by atoms with Crippen LogP contribution in [0.25, 0.3) is 33.1 Å². The Balaban J connectivity index is 0.00000158. The summed E-state index contributed by atoms with van der Waals surface area (Å²) in [5.74, 6) is 0. The van der Waals surface area contributed by atoms with Gasteiger partial charge in [0.15, 0.2) is 0 Å². The molecule has 0 aliphatic rings. The summed E-state index contributed by atoms with van der Waals surface area (Å²) in [6.45, 7) is 11.3. The van der Waals surface area contributed by atoms with Crippen LogP contribution in [0.15, 0.2) is 53.3 Å². The van der Waals surface area contributed by atoms with E-state index in [0.29, 0.717) is 33.1 Å². The summed E-state index contributed by atoms with van der Waals surface area (Å²) < 4.78 is 13.0. The molecule has 4 rings (SSSR count). The van der Waals surface area contributed by atoms with Crippen LogP contribution in [0.5, 0.6) is 0 Å². The van der Waals surface area contributed by atoms with Gasteiger partial charge < -0.3 is 9.47 Å². The van der Waals surface area contributed by atoms with Gasteiger partial charge in [-0.25, -0.2) is 18.7 Å². The van der Waals surface area contributed by atoms with Crippen LogP contribution in [0, 0.1) is 13.8 Å². The van der Waals surface area contributed by atoms with Crippen molar-refractivity contribution in [3.05, 3.63) is 70.0 Å². The number of carbonyl (C=O) groups excluding carboxylic acids is 2. The van der Waals surface area contributed by atoms with Crippen LogP contribution in [-0.4, -0.2) is 34.5 Å². The van der Waals surface area contributed by atoms with Crippen LogP contribution in [0.3, 0.4) is 0 Å². The fourth-order valence-electron chi connectivity index (χ4n) is 4.13. The zero-order chi connectivity index (χ0) is 25.0. The fourth-order valence-corrected chi connectivity index (χ4v) is 4.13. The summed E-state index contributed by atoms with van der Waals surface area (Å²) in [7, 11) is 0. The van der Waals surface area contributed by atoms with Crippen LogP contribution in [-0.2, 0) is 9.47 Å². The molecule has 0 aliphatic carbocycles. The SMILES string of the molecule is CC.CCOC(=O)n1c(=O)c(C)c(-c2cccc(C)c2)c2c1c1ccccc1n2C(=O)OCC. The van der Waals surface area contributed by atoms with Gasteiger partial charge in [0.05, 0.1) is 29.8 Å². The van der Waals surface area contributed by atoms with Crippen molar-refractivity contribution in [2.45, 2.75) is 41.5 Å². The van der Waals surface area contributed by atoms with Crippen LogP contribution < -0.4 is 5.56 Å². The summed E-state index contributed by atoms with van der Waals surface area (Å²) in [5.41, 5.74) is 3.50. The maximum absolute atomic E-state index is 13.5. The Morgan fingerprint density at radius 2 is 1.44 bits per heavy atom. The highest BCUT2D eigenvalue weighted by Gasteiger charge is 2.28. The molecule has 0 atom stereocenters. The van der Waals surface area contributed by atoms with E-state index in [0.717, 1.165) is 15.7 Å². The maximum Gasteiger partial charge on any atom is 0.421 e. The van der Waals surface area contributed by atoms with Crippen LogP contribution >= 0.6 is 0 Å². The number of fused-ring (bicyclic) bond motifs is 3. The largest absolute Gasteiger partial charge is 0.449 e. The lowest BCUT2D eigenvalue weighted by molar-refractivity contribution is 0.153. The van der Waals surface area contributed by atoms with Crippen molar-refractivity contribution < 1.29 is 19.1 Å². The minimum atomic E-state index is -0.784. The molecule has 0 amide bonds. The summed E-state index contributed by atoms with van der Waals surface area (Å²) in [5, 5.41) is 0.578. The fraction of sp³-hybridized carbons (Fsp3) is 0.296. The number of ether oxygens (including phenoxy) is 2. The number of hydrogen-bond acceptors (Lipinski definition) is 5. The van der Waals surface area contributed by atoms with Gasteiger partial charge in [-0.1, -0.05) is 61.9 Å². The van der Waals surface area contributed by atoms with E-state index < -0.39 is 17.7 Å². The van der Waals surface area contributed by atoms with Crippen LogP contribution in [0.4, 0.5) is 9.59 Å². The summed E-state index contributed by atoms with van der Waals surface area (Å²) >= 11 is 0. The molecule has 0 N–H and O–H groups in total. The molecule has 4 aromatic rings. The summed E-state index contributed by atoms with van der Waals surface area (Å²) in [6, 6.07) is 14.8. The average molecular weight is 463 g/mol. The van der Waals surface area contributed by atoms with Crippen molar-refractivity contribution in [1.82, 2.24) is 9.13 Å². The number of benzene rings is 2. The number of aryl methyl sites for hydroxylation is 1. The zero-order valence-corrected chi connectivity index (χ0v) is 20.5. The molecule has 2 aromatic heterocycles. The topological polar surface area (TPSA) is 79.5 Å². The average Bonchev–Trinajstić information content (AvgIpc) is 3.16. The zero-order valence-electron chi connectivity index (χ0n) is 20.5. The molecule has 0 bridgehead atoms. The van der Waals surface area contributed by atoms with E-state index in [9.17, 15) is 14.4 Å². The minimum absolute atomic E-state index is 0.113. The molecule has 0 saturated carbocycles. The van der Waals surface area contributed by atoms with Crippen molar-refractivity contribution in [3.8, 4) is 11.1 Å². The number of para-hydroxylation sites is 1. The Morgan fingerprint density at radius 3 is 2.06 bits per heavy atom. The highest BCUT2D eigenvalue weighted by Crippen LogP contribution is 2.37. The van der Waals surface area contributed by atoms with Gasteiger partial charge in [-0.2, -0.15) is 0 Å². The van der Waals surface area contributed by atoms with E-state index in [-0.39, 0.29) is 13.2 Å². The molecule has 0 aliphatic heterocycles. The number of rotatable bonds is 3. The van der Waals surface area contributed by atoms with Gasteiger partial charge in [-0.15, -0.1) is 0 Å². The van der Waals surface area contributed by atoms with E-state index in [2.05, 4.69) is 0 Å². The first-order valence-corrected chi connectivity index (χ1v) is 11.5. The van der Waals surface area contributed by atoms with Gasteiger partial charge in [-0.3, -0.25) is 4.79 Å². The van der Waals surface area contributed by atoms with Gasteiger partial charge in [0.1, 0.15) is 0 Å². The number of nitrogens with zero attached hydrogens (tertiary/aromatic N) is 2. The van der Waals surface area contributed by atoms with Crippen molar-refractivity contribution in [1.29, 1.82) is 0 Å². The van der Waals surface area contributed by atoms with Gasteiger partial charge in [0.25, 0.3) is 5.56 Å². The molecular weight excluding hydrogens is 432 g/mol. The van der Waals surface area contributed by atoms with Crippen molar-refractivity contribution in [2.75, 3.05) is 13.2 Å². The Bertz CT molecular complexity index is 1430. The predicted octanol–water partition coefficient (Wildman–Crippen LogP) is 6.28. The highest BCUT2D eigenvalue weighted by atomic mass is 16.6. The first-order valence-electron chi connectivity index (χ1n) is 11.5. The van der Waals surface area contributed by atoms with E-state index >= 15 is 0 Å². The quantitative estimate of drug-likeness (QED) is 0.358. The number of carbonyl (C=O) groups is 2. The Labute approximate surface area is 198 Å². The second-order valence-electron chi connectivity index (χ2n) is 7.46. The smallest absolute Gasteiger partial charge is 0.421 e. The normalized spacial score (nSPS) is 10.6. The molecule has 178 valence electrons. The third-order valence-corrected chi connectivity index (χ3v) is 5.41. The van der Waals surface area contributed by atoms with E-state index in [1.54, 1.807) is 45.0 Å². The molecule has 0 spiro atoms. The number of aromatic nitrogens is 2. The molecule has 0 radical (unpaired) electrons. The Morgan fingerprint density at radius 1 is 0.824 bits per heavy atom. The molecule has 2 heterocycles. The van der Waals surface area contributed by atoms with Crippen LogP contribution in [0.1, 0.15) is 38.8 Å². The lowest BCUT2D eigenvalue weighted by Crippen LogP contribution is -2.30. The number of hydrogen-bond donors (Lipinski definition) is 0. The van der Waals surface area contributed by atoms with E-state index in [1.165, 1.54) is 4.57 Å². The van der Waals surface area contributed by atoms with Gasteiger partial charge >= 0.3 is 12.2 Å². The number of pyridine rings is 1. The van der Waals surface area contributed by atoms with Gasteiger partial charge in [-0.05, 0) is 39.3 Å². The molecule has 0 fully saturated rings. The molecule has 2 aromatic carbocycles. The maximum atomic E-state index is 13.5. The van der Waals surface area contributed by atoms with Crippen molar-refractivity contribution >= 4 is 34.1 Å². The lowest BCUT2D eigenvalue weighted by atomic mass is 9.98. The standard InChI is InChI=1S/C25H24N2O5.C2H6/c1-5-31-24(29)26-19-13-8-7-12-18(19)21-22(26)20(17-11-9-10-15(3)14-17)16(4)23(28)27(21)25(30)32-6-2;1-2/h7-14H,5-6H2,1-4H3;1-2H3. The van der Waals surface area contributed by atoms with Gasteiger partial charge in [0.2, 0.25) is 0 Å². The second kappa shape index (κ2) is 10.4. The third-order valence-electron chi connectivity index (χ3n) is 5.41. The minimum Gasteiger partial charge on any atom is -0.449 e. The first kappa shape index (κ1) is 24.8. The van der Waals surface area contributed by atoms with E-state index in [4.69, 9.17) is 9.47 Å². The third kappa shape index (κ3) is 4.09. The monoisotopic (exact) mass is 462 g/mol. The highest BCUT2D eigenvalue weighted by molar-refractivity contribution is 6.17. The first-order chi connectivity index (χ1) is 16.4. The van der Waals surface area contributed by atoms with Crippen LogP contribution in [0.2, 0.25) is 0 Å². The van der Waals surface area contributed by atoms with Gasteiger partial charge in [0, 0.05) is 16.5 Å². The second-order valence-corrected chi connectivity index (χ2v) is 7.46. The molecule has 34 heavy (non-hydrogen) atoms. The summed E-state index contributed by atoms with van der Waals surface area (Å²) in [4.78, 5) is 39.5.